The van der Waals surface area contributed by atoms with E-state index in [0.29, 0.717) is 18.7 Å². The molecule has 1 saturated carbocycles. The highest BCUT2D eigenvalue weighted by molar-refractivity contribution is 14.0. The number of aliphatic imine (C=N–C) groups is 1. The fourth-order valence-electron chi connectivity index (χ4n) is 3.19. The lowest BCUT2D eigenvalue weighted by molar-refractivity contribution is 0.0377. The van der Waals surface area contributed by atoms with E-state index >= 15 is 0 Å². The smallest absolute Gasteiger partial charge is 0.188 e. The summed E-state index contributed by atoms with van der Waals surface area (Å²) in [6, 6.07) is 0. The molecule has 1 aliphatic heterocycles. The SMILES string of the molecule is I.NC(=NCCCN1CCOCC1)NCCOC1CCCCCC1. The minimum atomic E-state index is 0. The molecule has 1 aliphatic carbocycles. The number of ether oxygens (including phenoxy) is 2. The van der Waals surface area contributed by atoms with Crippen LogP contribution in [0.15, 0.2) is 4.99 Å². The number of hydrogen-bond acceptors (Lipinski definition) is 4. The zero-order valence-electron chi connectivity index (χ0n) is 14.9. The van der Waals surface area contributed by atoms with E-state index < -0.39 is 0 Å². The third-order valence-electron chi connectivity index (χ3n) is 4.58. The molecule has 0 bridgehead atoms. The van der Waals surface area contributed by atoms with Crippen LogP contribution in [0.4, 0.5) is 0 Å². The Hall–Kier alpha value is -0.120. The zero-order valence-corrected chi connectivity index (χ0v) is 17.2. The highest BCUT2D eigenvalue weighted by atomic mass is 127. The largest absolute Gasteiger partial charge is 0.379 e. The molecule has 24 heavy (non-hydrogen) atoms. The molecule has 0 unspecified atom stereocenters. The number of nitrogens with one attached hydrogen (secondary N) is 1. The van der Waals surface area contributed by atoms with Gasteiger partial charge in [-0.1, -0.05) is 25.7 Å². The molecule has 142 valence electrons. The van der Waals surface area contributed by atoms with Crippen LogP contribution in [-0.4, -0.2) is 69.5 Å². The third-order valence-corrected chi connectivity index (χ3v) is 4.58. The molecule has 0 amide bonds. The average Bonchev–Trinajstić information content (AvgIpc) is 2.85. The summed E-state index contributed by atoms with van der Waals surface area (Å²) in [7, 11) is 0. The van der Waals surface area contributed by atoms with Crippen molar-refractivity contribution < 1.29 is 9.47 Å². The quantitative estimate of drug-likeness (QED) is 0.193. The van der Waals surface area contributed by atoms with E-state index in [1.165, 1.54) is 38.5 Å². The Labute approximate surface area is 163 Å². The Balaban J connectivity index is 0.00000288. The molecule has 7 heteroatoms. The van der Waals surface area contributed by atoms with Crippen molar-refractivity contribution in [2.75, 3.05) is 52.5 Å². The monoisotopic (exact) mass is 454 g/mol. The molecular formula is C17H35IN4O2. The highest BCUT2D eigenvalue weighted by Gasteiger charge is 2.12. The summed E-state index contributed by atoms with van der Waals surface area (Å²) in [6.45, 7) is 7.10. The lowest BCUT2D eigenvalue weighted by Gasteiger charge is -2.26. The summed E-state index contributed by atoms with van der Waals surface area (Å²) in [5, 5.41) is 3.15. The van der Waals surface area contributed by atoms with Crippen molar-refractivity contribution in [2.45, 2.75) is 51.0 Å². The number of morpholine rings is 1. The predicted molar refractivity (Wildman–Crippen MR) is 109 cm³/mol. The van der Waals surface area contributed by atoms with Crippen LogP contribution in [0.25, 0.3) is 0 Å². The van der Waals surface area contributed by atoms with Gasteiger partial charge in [-0.3, -0.25) is 9.89 Å². The van der Waals surface area contributed by atoms with Crippen LogP contribution in [0.5, 0.6) is 0 Å². The van der Waals surface area contributed by atoms with Gasteiger partial charge in [-0.15, -0.1) is 24.0 Å². The Bertz CT molecular complexity index is 331. The minimum absolute atomic E-state index is 0. The summed E-state index contributed by atoms with van der Waals surface area (Å²) in [4.78, 5) is 6.80. The molecular weight excluding hydrogens is 419 g/mol. The van der Waals surface area contributed by atoms with E-state index in [0.717, 1.165) is 52.4 Å². The fourth-order valence-corrected chi connectivity index (χ4v) is 3.19. The number of halogens is 1. The zero-order chi connectivity index (χ0) is 16.2. The van der Waals surface area contributed by atoms with Gasteiger partial charge < -0.3 is 20.5 Å². The van der Waals surface area contributed by atoms with E-state index in [1.54, 1.807) is 0 Å². The van der Waals surface area contributed by atoms with Gasteiger partial charge in [0.25, 0.3) is 0 Å². The lowest BCUT2D eigenvalue weighted by Crippen LogP contribution is -2.37. The predicted octanol–water partition coefficient (Wildman–Crippen LogP) is 1.97. The summed E-state index contributed by atoms with van der Waals surface area (Å²) in [5.74, 6) is 0.538. The first kappa shape index (κ1) is 21.9. The number of rotatable bonds is 8. The second-order valence-electron chi connectivity index (χ2n) is 6.49. The standard InChI is InChI=1S/C17H34N4O2.HI/c18-17(19-8-5-10-21-11-14-22-15-12-21)20-9-13-23-16-6-3-1-2-4-7-16;/h16H,1-15H2,(H3,18,19,20);1H. The lowest BCUT2D eigenvalue weighted by atomic mass is 10.1. The number of nitrogens with zero attached hydrogens (tertiary/aromatic N) is 2. The second kappa shape index (κ2) is 14.1. The Morgan fingerprint density at radius 1 is 1.17 bits per heavy atom. The van der Waals surface area contributed by atoms with Crippen molar-refractivity contribution in [1.29, 1.82) is 0 Å². The first-order valence-electron chi connectivity index (χ1n) is 9.30. The van der Waals surface area contributed by atoms with E-state index in [-0.39, 0.29) is 24.0 Å². The van der Waals surface area contributed by atoms with Crippen molar-refractivity contribution in [3.8, 4) is 0 Å². The van der Waals surface area contributed by atoms with Crippen LogP contribution in [-0.2, 0) is 9.47 Å². The maximum Gasteiger partial charge on any atom is 0.188 e. The van der Waals surface area contributed by atoms with E-state index in [4.69, 9.17) is 15.2 Å². The minimum Gasteiger partial charge on any atom is -0.379 e. The summed E-state index contributed by atoms with van der Waals surface area (Å²) < 4.78 is 11.3. The maximum absolute atomic E-state index is 5.93. The summed E-state index contributed by atoms with van der Waals surface area (Å²) >= 11 is 0. The highest BCUT2D eigenvalue weighted by Crippen LogP contribution is 2.19. The van der Waals surface area contributed by atoms with Crippen molar-refractivity contribution in [3.63, 3.8) is 0 Å². The molecule has 0 aromatic rings. The van der Waals surface area contributed by atoms with Gasteiger partial charge in [-0.05, 0) is 19.3 Å². The van der Waals surface area contributed by atoms with Gasteiger partial charge in [0.1, 0.15) is 0 Å². The van der Waals surface area contributed by atoms with Gasteiger partial charge in [-0.25, -0.2) is 0 Å². The van der Waals surface area contributed by atoms with Crippen molar-refractivity contribution >= 4 is 29.9 Å². The number of guanidine groups is 1. The molecule has 0 spiro atoms. The second-order valence-corrected chi connectivity index (χ2v) is 6.49. The van der Waals surface area contributed by atoms with Gasteiger partial charge in [0.15, 0.2) is 5.96 Å². The molecule has 3 N–H and O–H groups in total. The Kier molecular flexibility index (Phi) is 12.9. The van der Waals surface area contributed by atoms with Gasteiger partial charge >= 0.3 is 0 Å². The first-order chi connectivity index (χ1) is 11.3. The summed E-state index contributed by atoms with van der Waals surface area (Å²) in [6.07, 6.45) is 9.27. The molecule has 0 aromatic heterocycles. The van der Waals surface area contributed by atoms with E-state index in [9.17, 15) is 0 Å². The van der Waals surface area contributed by atoms with Gasteiger partial charge in [0.05, 0.1) is 25.9 Å². The first-order valence-corrected chi connectivity index (χ1v) is 9.30. The molecule has 2 fully saturated rings. The topological polar surface area (TPSA) is 72.1 Å². The molecule has 2 aliphatic rings. The van der Waals surface area contributed by atoms with Crippen molar-refractivity contribution in [1.82, 2.24) is 10.2 Å². The van der Waals surface area contributed by atoms with Gasteiger partial charge in [0.2, 0.25) is 0 Å². The molecule has 1 heterocycles. The van der Waals surface area contributed by atoms with Crippen LogP contribution in [0, 0.1) is 0 Å². The van der Waals surface area contributed by atoms with Crippen LogP contribution < -0.4 is 11.1 Å². The van der Waals surface area contributed by atoms with E-state index in [1.807, 2.05) is 0 Å². The van der Waals surface area contributed by atoms with Crippen molar-refractivity contribution in [3.05, 3.63) is 0 Å². The molecule has 0 aromatic carbocycles. The Morgan fingerprint density at radius 3 is 2.58 bits per heavy atom. The normalized spacial score (nSPS) is 21.1. The van der Waals surface area contributed by atoms with Crippen LogP contribution in [0.2, 0.25) is 0 Å². The molecule has 0 atom stereocenters. The fraction of sp³-hybridized carbons (Fsp3) is 0.941. The number of hydrogen-bond donors (Lipinski definition) is 2. The molecule has 1 saturated heterocycles. The van der Waals surface area contributed by atoms with Crippen molar-refractivity contribution in [2.24, 2.45) is 10.7 Å². The number of nitrogens with two attached hydrogens (primary N) is 1. The van der Waals surface area contributed by atoms with Crippen LogP contribution in [0.3, 0.4) is 0 Å². The molecule has 6 nitrogen and oxygen atoms in total. The molecule has 2 rings (SSSR count). The average molecular weight is 454 g/mol. The van der Waals surface area contributed by atoms with E-state index in [2.05, 4.69) is 15.2 Å². The maximum atomic E-state index is 5.93. The van der Waals surface area contributed by atoms with Crippen LogP contribution >= 0.6 is 24.0 Å². The summed E-state index contributed by atoms with van der Waals surface area (Å²) in [5.41, 5.74) is 5.89. The third kappa shape index (κ3) is 10.0. The van der Waals surface area contributed by atoms with Crippen LogP contribution in [0.1, 0.15) is 44.9 Å². The molecule has 0 radical (unpaired) electrons. The Morgan fingerprint density at radius 2 is 1.88 bits per heavy atom. The van der Waals surface area contributed by atoms with Gasteiger partial charge in [0, 0.05) is 32.7 Å². The van der Waals surface area contributed by atoms with Gasteiger partial charge in [-0.2, -0.15) is 0 Å².